The van der Waals surface area contributed by atoms with Crippen molar-refractivity contribution in [3.8, 4) is 0 Å². The Morgan fingerprint density at radius 1 is 1.17 bits per heavy atom. The molecule has 29 heavy (non-hydrogen) atoms. The van der Waals surface area contributed by atoms with E-state index in [1.54, 1.807) is 6.20 Å². The van der Waals surface area contributed by atoms with Crippen molar-refractivity contribution in [2.75, 3.05) is 11.9 Å². The number of aromatic nitrogens is 3. The van der Waals surface area contributed by atoms with Crippen LogP contribution in [0, 0.1) is 19.3 Å². The Balaban J connectivity index is 1.47. The molecule has 2 N–H and O–H groups in total. The maximum absolute atomic E-state index is 12.6. The van der Waals surface area contributed by atoms with E-state index in [1.165, 1.54) is 17.8 Å². The lowest BCUT2D eigenvalue weighted by atomic mass is 9.69. The number of anilines is 1. The molecule has 1 aliphatic rings. The maximum atomic E-state index is 12.6. The van der Waals surface area contributed by atoms with Gasteiger partial charge in [0.1, 0.15) is 0 Å². The van der Waals surface area contributed by atoms with Crippen LogP contribution in [0.2, 0.25) is 0 Å². The van der Waals surface area contributed by atoms with Gasteiger partial charge in [0, 0.05) is 43.2 Å². The Hall–Kier alpha value is -2.22. The van der Waals surface area contributed by atoms with Crippen LogP contribution in [-0.2, 0) is 16.1 Å². The third kappa shape index (κ3) is 6.39. The van der Waals surface area contributed by atoms with Crippen molar-refractivity contribution < 1.29 is 9.59 Å². The van der Waals surface area contributed by atoms with E-state index in [0.717, 1.165) is 50.0 Å². The number of thiazole rings is 1. The second-order valence-electron chi connectivity index (χ2n) is 8.15. The molecule has 0 aliphatic heterocycles. The Bertz CT molecular complexity index is 809. The van der Waals surface area contributed by atoms with Gasteiger partial charge in [-0.3, -0.25) is 14.3 Å². The average molecular weight is 418 g/mol. The number of nitrogens with zero attached hydrogens (tertiary/aromatic N) is 3. The monoisotopic (exact) mass is 417 g/mol. The van der Waals surface area contributed by atoms with Crippen LogP contribution in [-0.4, -0.2) is 33.1 Å². The summed E-state index contributed by atoms with van der Waals surface area (Å²) in [7, 11) is 0. The first-order valence-corrected chi connectivity index (χ1v) is 11.3. The smallest absolute Gasteiger partial charge is 0.226 e. The zero-order valence-electron chi connectivity index (χ0n) is 17.4. The van der Waals surface area contributed by atoms with Crippen molar-refractivity contribution in [1.82, 2.24) is 20.1 Å². The van der Waals surface area contributed by atoms with E-state index in [9.17, 15) is 9.59 Å². The highest BCUT2D eigenvalue weighted by atomic mass is 32.1. The highest BCUT2D eigenvalue weighted by Crippen LogP contribution is 2.42. The first kappa shape index (κ1) is 21.5. The van der Waals surface area contributed by atoms with E-state index in [0.29, 0.717) is 24.5 Å². The van der Waals surface area contributed by atoms with Crippen LogP contribution in [0.25, 0.3) is 0 Å². The summed E-state index contributed by atoms with van der Waals surface area (Å²) < 4.78 is 1.98. The van der Waals surface area contributed by atoms with Gasteiger partial charge in [-0.25, -0.2) is 4.98 Å². The average Bonchev–Trinajstić information content (AvgIpc) is 3.28. The molecule has 1 saturated carbocycles. The Kier molecular flexibility index (Phi) is 7.41. The van der Waals surface area contributed by atoms with Crippen LogP contribution in [0.1, 0.15) is 62.8 Å². The summed E-state index contributed by atoms with van der Waals surface area (Å²) in [6.45, 7) is 5.45. The molecular weight excluding hydrogens is 386 g/mol. The third-order valence-corrected chi connectivity index (χ3v) is 6.32. The van der Waals surface area contributed by atoms with E-state index in [-0.39, 0.29) is 17.2 Å². The van der Waals surface area contributed by atoms with Crippen LogP contribution in [0.4, 0.5) is 5.13 Å². The minimum atomic E-state index is -0.237. The maximum Gasteiger partial charge on any atom is 0.226 e. The van der Waals surface area contributed by atoms with Crippen LogP contribution < -0.4 is 10.6 Å². The Labute approximate surface area is 176 Å². The predicted molar refractivity (Wildman–Crippen MR) is 115 cm³/mol. The number of carbonyl (C=O) groups excluding carboxylic acids is 2. The summed E-state index contributed by atoms with van der Waals surface area (Å²) in [6, 6.07) is 2.06. The fraction of sp³-hybridized carbons (Fsp3) is 0.619. The molecule has 8 heteroatoms. The van der Waals surface area contributed by atoms with Gasteiger partial charge in [0.2, 0.25) is 11.8 Å². The van der Waals surface area contributed by atoms with Gasteiger partial charge in [-0.15, -0.1) is 11.3 Å². The fourth-order valence-corrected chi connectivity index (χ4v) is 4.81. The molecular formula is C21H31N5O2S. The number of amides is 2. The molecule has 0 unspecified atom stereocenters. The number of hydrogen-bond acceptors (Lipinski definition) is 5. The number of aryl methyl sites for hydroxylation is 3. The Morgan fingerprint density at radius 2 is 1.93 bits per heavy atom. The minimum Gasteiger partial charge on any atom is -0.356 e. The van der Waals surface area contributed by atoms with E-state index in [2.05, 4.69) is 26.8 Å². The molecule has 0 spiro atoms. The summed E-state index contributed by atoms with van der Waals surface area (Å²) in [5.74, 6) is 0.00138. The molecule has 0 radical (unpaired) electrons. The van der Waals surface area contributed by atoms with Gasteiger partial charge in [-0.2, -0.15) is 5.10 Å². The molecule has 2 heterocycles. The van der Waals surface area contributed by atoms with Crippen molar-refractivity contribution in [2.24, 2.45) is 5.41 Å². The van der Waals surface area contributed by atoms with E-state index in [1.807, 2.05) is 23.9 Å². The molecule has 3 rings (SSSR count). The zero-order chi connectivity index (χ0) is 20.7. The first-order chi connectivity index (χ1) is 14.0. The molecule has 2 amide bonds. The van der Waals surface area contributed by atoms with E-state index >= 15 is 0 Å². The van der Waals surface area contributed by atoms with Crippen molar-refractivity contribution >= 4 is 28.3 Å². The standard InChI is InChI=1S/C21H31N5O2S/c1-16-13-17(2)26(25-16)11-6-9-22-18(27)14-21(7-4-3-5-8-21)15-19(28)24-20-23-10-12-29-20/h10,12-13H,3-9,11,14-15H2,1-2H3,(H,22,27)(H,23,24,28). The largest absolute Gasteiger partial charge is 0.356 e. The molecule has 0 aromatic carbocycles. The van der Waals surface area contributed by atoms with Crippen LogP contribution in [0.5, 0.6) is 0 Å². The van der Waals surface area contributed by atoms with Crippen molar-refractivity contribution in [3.05, 3.63) is 29.0 Å². The molecule has 2 aromatic rings. The first-order valence-electron chi connectivity index (χ1n) is 10.4. The number of hydrogen-bond donors (Lipinski definition) is 2. The zero-order valence-corrected chi connectivity index (χ0v) is 18.2. The van der Waals surface area contributed by atoms with E-state index in [4.69, 9.17) is 0 Å². The summed E-state index contributed by atoms with van der Waals surface area (Å²) >= 11 is 1.41. The van der Waals surface area contributed by atoms with Crippen LogP contribution in [0.3, 0.4) is 0 Å². The van der Waals surface area contributed by atoms with E-state index < -0.39 is 0 Å². The molecule has 7 nitrogen and oxygen atoms in total. The van der Waals surface area contributed by atoms with Crippen molar-refractivity contribution in [2.45, 2.75) is 71.8 Å². The molecule has 1 aliphatic carbocycles. The summed E-state index contributed by atoms with van der Waals surface area (Å²) in [6.07, 6.45) is 8.51. The van der Waals surface area contributed by atoms with Crippen molar-refractivity contribution in [3.63, 3.8) is 0 Å². The highest BCUT2D eigenvalue weighted by Gasteiger charge is 2.36. The quantitative estimate of drug-likeness (QED) is 0.607. The van der Waals surface area contributed by atoms with Gasteiger partial charge < -0.3 is 10.6 Å². The molecule has 1 fully saturated rings. The second-order valence-corrected chi connectivity index (χ2v) is 9.05. The third-order valence-electron chi connectivity index (χ3n) is 5.64. The summed E-state index contributed by atoms with van der Waals surface area (Å²) in [5.41, 5.74) is 1.92. The van der Waals surface area contributed by atoms with Gasteiger partial charge >= 0.3 is 0 Å². The number of nitrogens with one attached hydrogen (secondary N) is 2. The lowest BCUT2D eigenvalue weighted by Crippen LogP contribution is -2.36. The number of rotatable bonds is 9. The lowest BCUT2D eigenvalue weighted by molar-refractivity contribution is -0.125. The predicted octanol–water partition coefficient (Wildman–Crippen LogP) is 3.83. The van der Waals surface area contributed by atoms with Gasteiger partial charge in [0.05, 0.1) is 5.69 Å². The second kappa shape index (κ2) is 10.0. The normalized spacial score (nSPS) is 15.8. The summed E-state index contributed by atoms with van der Waals surface area (Å²) in [5, 5.41) is 12.8. The molecule has 0 atom stereocenters. The highest BCUT2D eigenvalue weighted by molar-refractivity contribution is 7.13. The fourth-order valence-electron chi connectivity index (χ4n) is 4.27. The number of carbonyl (C=O) groups is 2. The SMILES string of the molecule is Cc1cc(C)n(CCCNC(=O)CC2(CC(=O)Nc3nccs3)CCCCC2)n1. The van der Waals surface area contributed by atoms with Gasteiger partial charge in [0.25, 0.3) is 0 Å². The van der Waals surface area contributed by atoms with Gasteiger partial charge in [-0.1, -0.05) is 19.3 Å². The summed E-state index contributed by atoms with van der Waals surface area (Å²) in [4.78, 5) is 29.3. The lowest BCUT2D eigenvalue weighted by Gasteiger charge is -2.36. The Morgan fingerprint density at radius 3 is 2.59 bits per heavy atom. The minimum absolute atomic E-state index is 0.0424. The van der Waals surface area contributed by atoms with Crippen molar-refractivity contribution in [1.29, 1.82) is 0 Å². The molecule has 2 aromatic heterocycles. The van der Waals surface area contributed by atoms with Crippen LogP contribution in [0.15, 0.2) is 17.6 Å². The molecule has 158 valence electrons. The topological polar surface area (TPSA) is 88.9 Å². The molecule has 0 bridgehead atoms. The van der Waals surface area contributed by atoms with Crippen LogP contribution >= 0.6 is 11.3 Å². The van der Waals surface area contributed by atoms with Gasteiger partial charge in [0.15, 0.2) is 5.13 Å². The molecule has 0 saturated heterocycles. The van der Waals surface area contributed by atoms with Gasteiger partial charge in [-0.05, 0) is 44.6 Å².